The van der Waals surface area contributed by atoms with Gasteiger partial charge >= 0.3 is 5.63 Å². The van der Waals surface area contributed by atoms with Gasteiger partial charge in [0.25, 0.3) is 5.91 Å². The smallest absolute Gasteiger partial charge is 0.337 e. The number of aromatic nitrogens is 1. The maximum absolute atomic E-state index is 12.5. The molecule has 2 aromatic heterocycles. The van der Waals surface area contributed by atoms with E-state index in [-0.39, 0.29) is 5.56 Å². The lowest BCUT2D eigenvalue weighted by Crippen LogP contribution is -2.16. The largest absolute Gasteiger partial charge is 0.497 e. The minimum atomic E-state index is -0.604. The predicted molar refractivity (Wildman–Crippen MR) is 86.0 cm³/mol. The molecule has 0 aliphatic heterocycles. The van der Waals surface area contributed by atoms with E-state index in [9.17, 15) is 9.59 Å². The molecule has 2 heterocycles. The number of anilines is 1. The third-order valence-corrected chi connectivity index (χ3v) is 3.33. The Morgan fingerprint density at radius 2 is 2.04 bits per heavy atom. The molecular weight excluding hydrogens is 296 g/mol. The molecule has 1 amide bonds. The molecule has 0 unspecified atom stereocenters. The number of rotatable bonds is 3. The number of nitrogens with zero attached hydrogens (tertiary/aromatic N) is 1. The molecule has 6 heteroatoms. The Bertz CT molecular complexity index is 947. The molecule has 3 rings (SSSR count). The number of carbonyl (C=O) groups excluding carboxylic acids is 1. The van der Waals surface area contributed by atoms with Gasteiger partial charge < -0.3 is 14.5 Å². The molecule has 3 aromatic rings. The number of methoxy groups -OCH3 is 1. The molecule has 0 atom stereocenters. The Hall–Kier alpha value is -3.15. The van der Waals surface area contributed by atoms with Crippen LogP contribution in [-0.4, -0.2) is 18.0 Å². The lowest BCUT2D eigenvalue weighted by molar-refractivity contribution is 0.102. The fourth-order valence-corrected chi connectivity index (χ4v) is 2.25. The number of aryl methyl sites for hydroxylation is 1. The van der Waals surface area contributed by atoms with Gasteiger partial charge in [0.15, 0.2) is 0 Å². The number of pyridine rings is 1. The van der Waals surface area contributed by atoms with Crippen LogP contribution in [-0.2, 0) is 0 Å². The van der Waals surface area contributed by atoms with Gasteiger partial charge in [0, 0.05) is 23.2 Å². The minimum absolute atomic E-state index is 0.224. The van der Waals surface area contributed by atoms with Crippen LogP contribution < -0.4 is 15.7 Å². The lowest BCUT2D eigenvalue weighted by atomic mass is 10.1. The summed E-state index contributed by atoms with van der Waals surface area (Å²) in [5, 5.41) is 3.21. The number of carbonyl (C=O) groups is 1. The van der Waals surface area contributed by atoms with Crippen molar-refractivity contribution in [1.82, 2.24) is 4.98 Å². The topological polar surface area (TPSA) is 81.4 Å². The maximum atomic E-state index is 12.5. The first-order valence-corrected chi connectivity index (χ1v) is 6.94. The summed E-state index contributed by atoms with van der Waals surface area (Å²) in [5.74, 6) is 0.537. The number of amides is 1. The van der Waals surface area contributed by atoms with E-state index in [1.165, 1.54) is 13.2 Å². The van der Waals surface area contributed by atoms with Crippen LogP contribution in [0.3, 0.4) is 0 Å². The zero-order valence-corrected chi connectivity index (χ0v) is 12.6. The van der Waals surface area contributed by atoms with E-state index in [4.69, 9.17) is 9.15 Å². The molecule has 1 aromatic carbocycles. The van der Waals surface area contributed by atoms with Crippen molar-refractivity contribution in [3.05, 3.63) is 64.1 Å². The van der Waals surface area contributed by atoms with Crippen molar-refractivity contribution in [2.45, 2.75) is 6.92 Å². The molecule has 0 fully saturated rings. The first-order chi connectivity index (χ1) is 11.1. The minimum Gasteiger partial charge on any atom is -0.497 e. The van der Waals surface area contributed by atoms with Crippen molar-refractivity contribution in [2.24, 2.45) is 0 Å². The second-order valence-electron chi connectivity index (χ2n) is 4.96. The highest BCUT2D eigenvalue weighted by Crippen LogP contribution is 2.23. The van der Waals surface area contributed by atoms with Gasteiger partial charge in [-0.1, -0.05) is 6.07 Å². The number of benzene rings is 1. The molecule has 0 aliphatic carbocycles. The first kappa shape index (κ1) is 14.8. The van der Waals surface area contributed by atoms with E-state index >= 15 is 0 Å². The number of fused-ring (bicyclic) bond motifs is 1. The molecular formula is C17H14N2O4. The zero-order valence-electron chi connectivity index (χ0n) is 12.6. The van der Waals surface area contributed by atoms with E-state index in [1.807, 2.05) is 13.0 Å². The van der Waals surface area contributed by atoms with Crippen LogP contribution in [0.1, 0.15) is 16.1 Å². The van der Waals surface area contributed by atoms with E-state index in [2.05, 4.69) is 10.3 Å². The quantitative estimate of drug-likeness (QED) is 0.752. The Morgan fingerprint density at radius 1 is 1.22 bits per heavy atom. The SMILES string of the molecule is COc1ccc2c(C(=O)Nc3cccc(C)n3)cc(=O)oc2c1. The molecule has 1 N–H and O–H groups in total. The summed E-state index contributed by atoms with van der Waals surface area (Å²) in [6.45, 7) is 1.83. The normalized spacial score (nSPS) is 10.5. The van der Waals surface area contributed by atoms with E-state index < -0.39 is 11.5 Å². The molecule has 116 valence electrons. The molecule has 0 spiro atoms. The first-order valence-electron chi connectivity index (χ1n) is 6.94. The lowest BCUT2D eigenvalue weighted by Gasteiger charge is -2.08. The Balaban J connectivity index is 2.04. The van der Waals surface area contributed by atoms with E-state index in [0.29, 0.717) is 22.5 Å². The summed E-state index contributed by atoms with van der Waals surface area (Å²) in [5.41, 5.74) is 0.694. The number of nitrogens with one attached hydrogen (secondary N) is 1. The van der Waals surface area contributed by atoms with E-state index in [1.54, 1.807) is 30.3 Å². The standard InChI is InChI=1S/C17H14N2O4/c1-10-4-3-5-15(18-10)19-17(21)13-9-16(20)23-14-8-11(22-2)6-7-12(13)14/h3-9H,1-2H3,(H,18,19,21). The average Bonchev–Trinajstić information content (AvgIpc) is 2.53. The van der Waals surface area contributed by atoms with Gasteiger partial charge in [-0.25, -0.2) is 9.78 Å². The van der Waals surface area contributed by atoms with Crippen molar-refractivity contribution >= 4 is 22.7 Å². The fourth-order valence-electron chi connectivity index (χ4n) is 2.25. The summed E-state index contributed by atoms with van der Waals surface area (Å²) in [6.07, 6.45) is 0. The van der Waals surface area contributed by atoms with E-state index in [0.717, 1.165) is 5.69 Å². The van der Waals surface area contributed by atoms with Crippen LogP contribution in [0, 0.1) is 6.92 Å². The molecule has 0 radical (unpaired) electrons. The second kappa shape index (κ2) is 5.92. The Kier molecular flexibility index (Phi) is 3.80. The van der Waals surface area contributed by atoms with Crippen LogP contribution >= 0.6 is 0 Å². The number of hydrogen-bond acceptors (Lipinski definition) is 5. The van der Waals surface area contributed by atoms with Crippen molar-refractivity contribution in [3.63, 3.8) is 0 Å². The third kappa shape index (κ3) is 3.06. The van der Waals surface area contributed by atoms with Gasteiger partial charge in [-0.05, 0) is 31.2 Å². The van der Waals surface area contributed by atoms with Gasteiger partial charge in [0.05, 0.1) is 12.7 Å². The number of ether oxygens (including phenoxy) is 1. The summed E-state index contributed by atoms with van der Waals surface area (Å²) in [4.78, 5) is 28.4. The Labute approximate surface area is 131 Å². The maximum Gasteiger partial charge on any atom is 0.337 e. The third-order valence-electron chi connectivity index (χ3n) is 3.33. The van der Waals surface area contributed by atoms with Gasteiger partial charge in [0.1, 0.15) is 17.2 Å². The van der Waals surface area contributed by atoms with Crippen molar-refractivity contribution < 1.29 is 13.9 Å². The van der Waals surface area contributed by atoms with Gasteiger partial charge in [-0.2, -0.15) is 0 Å². The molecule has 23 heavy (non-hydrogen) atoms. The van der Waals surface area contributed by atoms with Crippen LogP contribution in [0.15, 0.2) is 51.7 Å². The summed E-state index contributed by atoms with van der Waals surface area (Å²) in [6, 6.07) is 11.4. The van der Waals surface area contributed by atoms with Crippen LogP contribution in [0.5, 0.6) is 5.75 Å². The predicted octanol–water partition coefficient (Wildman–Crippen LogP) is 2.76. The average molecular weight is 310 g/mol. The van der Waals surface area contributed by atoms with Crippen LogP contribution in [0.4, 0.5) is 5.82 Å². The molecule has 0 saturated carbocycles. The molecule has 6 nitrogen and oxygen atoms in total. The number of hydrogen-bond donors (Lipinski definition) is 1. The molecule has 0 bridgehead atoms. The van der Waals surface area contributed by atoms with Crippen LogP contribution in [0.25, 0.3) is 11.0 Å². The van der Waals surface area contributed by atoms with Gasteiger partial charge in [-0.15, -0.1) is 0 Å². The second-order valence-corrected chi connectivity index (χ2v) is 4.96. The van der Waals surface area contributed by atoms with Crippen molar-refractivity contribution in [2.75, 3.05) is 12.4 Å². The highest BCUT2D eigenvalue weighted by atomic mass is 16.5. The highest BCUT2D eigenvalue weighted by molar-refractivity contribution is 6.11. The van der Waals surface area contributed by atoms with Gasteiger partial charge in [0.2, 0.25) is 0 Å². The van der Waals surface area contributed by atoms with Gasteiger partial charge in [-0.3, -0.25) is 4.79 Å². The summed E-state index contributed by atoms with van der Waals surface area (Å²) in [7, 11) is 1.51. The monoisotopic (exact) mass is 310 g/mol. The molecule has 0 aliphatic rings. The van der Waals surface area contributed by atoms with Crippen molar-refractivity contribution in [3.8, 4) is 5.75 Å². The highest BCUT2D eigenvalue weighted by Gasteiger charge is 2.14. The molecule has 0 saturated heterocycles. The van der Waals surface area contributed by atoms with Crippen molar-refractivity contribution in [1.29, 1.82) is 0 Å². The summed E-state index contributed by atoms with van der Waals surface area (Å²) >= 11 is 0. The Morgan fingerprint density at radius 3 is 2.78 bits per heavy atom. The summed E-state index contributed by atoms with van der Waals surface area (Å²) < 4.78 is 10.2. The zero-order chi connectivity index (χ0) is 16.4. The fraction of sp³-hybridized carbons (Fsp3) is 0.118. The van der Waals surface area contributed by atoms with Crippen LogP contribution in [0.2, 0.25) is 0 Å².